The highest BCUT2D eigenvalue weighted by atomic mass is 19.1. The van der Waals surface area contributed by atoms with E-state index in [1.54, 1.807) is 0 Å². The van der Waals surface area contributed by atoms with E-state index in [1.807, 2.05) is 12.6 Å². The lowest BCUT2D eigenvalue weighted by molar-refractivity contribution is 0.627. The number of benzene rings is 1. The molecule has 1 nitrogen and oxygen atoms in total. The maximum atomic E-state index is 12.6. The van der Waals surface area contributed by atoms with Gasteiger partial charge in [0.2, 0.25) is 0 Å². The zero-order valence-corrected chi connectivity index (χ0v) is 6.10. The molecule has 1 radical (unpaired) electrons. The molecule has 0 aromatic heterocycles. The lowest BCUT2D eigenvalue weighted by atomic mass is 10.0. The van der Waals surface area contributed by atoms with Crippen LogP contribution in [0.1, 0.15) is 12.0 Å². The molecule has 1 aliphatic rings. The minimum atomic E-state index is -0.174. The molecule has 2 heteroatoms. The molecule has 1 heterocycles. The first-order valence-corrected chi connectivity index (χ1v) is 3.73. The van der Waals surface area contributed by atoms with Gasteiger partial charge in [-0.2, -0.15) is 0 Å². The second-order valence-electron chi connectivity index (χ2n) is 2.69. The Morgan fingerprint density at radius 2 is 2.27 bits per heavy atom. The van der Waals surface area contributed by atoms with Crippen molar-refractivity contribution in [2.75, 3.05) is 5.32 Å². The second kappa shape index (κ2) is 2.53. The largest absolute Gasteiger partial charge is 0.380 e. The van der Waals surface area contributed by atoms with E-state index in [-0.39, 0.29) is 5.82 Å². The Kier molecular flexibility index (Phi) is 1.53. The molecule has 1 aliphatic heterocycles. The Bertz CT molecular complexity index is 270. The highest BCUT2D eigenvalue weighted by Gasteiger charge is 2.07. The van der Waals surface area contributed by atoms with Gasteiger partial charge in [-0.15, -0.1) is 0 Å². The fraction of sp³-hybridized carbons (Fsp3) is 0.222. The molecule has 0 spiro atoms. The van der Waals surface area contributed by atoms with Crippen LogP contribution in [-0.4, -0.2) is 0 Å². The number of hydrogen-bond acceptors (Lipinski definition) is 1. The molecule has 1 aromatic rings. The van der Waals surface area contributed by atoms with Crippen LogP contribution in [0.5, 0.6) is 0 Å². The van der Waals surface area contributed by atoms with Crippen molar-refractivity contribution >= 4 is 5.69 Å². The topological polar surface area (TPSA) is 12.0 Å². The first-order chi connectivity index (χ1) is 5.36. The summed E-state index contributed by atoms with van der Waals surface area (Å²) in [5, 5.41) is 3.04. The lowest BCUT2D eigenvalue weighted by Crippen LogP contribution is -2.06. The lowest BCUT2D eigenvalue weighted by Gasteiger charge is -2.16. The monoisotopic (exact) mass is 150 g/mol. The van der Waals surface area contributed by atoms with Crippen LogP contribution in [0, 0.1) is 12.4 Å². The first kappa shape index (κ1) is 6.65. The summed E-state index contributed by atoms with van der Waals surface area (Å²) in [4.78, 5) is 0. The third-order valence-corrected chi connectivity index (χ3v) is 1.89. The molecule has 0 amide bonds. The van der Waals surface area contributed by atoms with E-state index in [0.29, 0.717) is 0 Å². The quantitative estimate of drug-likeness (QED) is 0.598. The van der Waals surface area contributed by atoms with Crippen molar-refractivity contribution in [2.45, 2.75) is 12.8 Å². The van der Waals surface area contributed by atoms with Crippen molar-refractivity contribution in [3.8, 4) is 0 Å². The summed E-state index contributed by atoms with van der Waals surface area (Å²) in [6, 6.07) is 4.88. The molecule has 1 aromatic carbocycles. The molecule has 11 heavy (non-hydrogen) atoms. The van der Waals surface area contributed by atoms with Crippen molar-refractivity contribution in [2.24, 2.45) is 0 Å². The number of anilines is 1. The van der Waals surface area contributed by atoms with E-state index in [1.165, 1.54) is 17.7 Å². The van der Waals surface area contributed by atoms with Crippen LogP contribution < -0.4 is 5.32 Å². The highest BCUT2D eigenvalue weighted by molar-refractivity contribution is 5.54. The molecule has 57 valence electrons. The first-order valence-electron chi connectivity index (χ1n) is 3.73. The summed E-state index contributed by atoms with van der Waals surface area (Å²) in [6.45, 7) is 1.96. The van der Waals surface area contributed by atoms with E-state index in [0.717, 1.165) is 18.5 Å². The number of hydrogen-bond donors (Lipinski definition) is 1. The van der Waals surface area contributed by atoms with Crippen molar-refractivity contribution in [1.82, 2.24) is 0 Å². The van der Waals surface area contributed by atoms with Gasteiger partial charge in [0, 0.05) is 12.2 Å². The van der Waals surface area contributed by atoms with Crippen LogP contribution in [-0.2, 0) is 6.42 Å². The van der Waals surface area contributed by atoms with E-state index < -0.39 is 0 Å². The second-order valence-corrected chi connectivity index (χ2v) is 2.69. The molecular weight excluding hydrogens is 141 g/mol. The van der Waals surface area contributed by atoms with E-state index in [4.69, 9.17) is 0 Å². The number of fused-ring (bicyclic) bond motifs is 1. The number of aryl methyl sites for hydroxylation is 1. The molecule has 1 N–H and O–H groups in total. The molecular formula is C9H9FN. The average Bonchev–Trinajstić information content (AvgIpc) is 2.04. The number of halogens is 1. The van der Waals surface area contributed by atoms with E-state index in [2.05, 4.69) is 5.32 Å². The normalized spacial score (nSPS) is 15.4. The minimum Gasteiger partial charge on any atom is -0.380 e. The third kappa shape index (κ3) is 1.20. The van der Waals surface area contributed by atoms with Gasteiger partial charge in [-0.3, -0.25) is 0 Å². The van der Waals surface area contributed by atoms with Gasteiger partial charge in [-0.25, -0.2) is 4.39 Å². The van der Waals surface area contributed by atoms with Gasteiger partial charge < -0.3 is 5.32 Å². The predicted octanol–water partition coefficient (Wildman–Crippen LogP) is 2.35. The van der Waals surface area contributed by atoms with Gasteiger partial charge in [0.1, 0.15) is 5.82 Å². The van der Waals surface area contributed by atoms with Crippen LogP contribution in [0.4, 0.5) is 10.1 Å². The van der Waals surface area contributed by atoms with Crippen LogP contribution >= 0.6 is 0 Å². The maximum absolute atomic E-state index is 12.6. The fourth-order valence-electron chi connectivity index (χ4n) is 1.31. The fourth-order valence-corrected chi connectivity index (χ4v) is 1.31. The Morgan fingerprint density at radius 3 is 3.18 bits per heavy atom. The van der Waals surface area contributed by atoms with E-state index >= 15 is 0 Å². The smallest absolute Gasteiger partial charge is 0.125 e. The predicted molar refractivity (Wildman–Crippen MR) is 42.6 cm³/mol. The zero-order valence-electron chi connectivity index (χ0n) is 6.10. The van der Waals surface area contributed by atoms with Crippen LogP contribution in [0.15, 0.2) is 18.2 Å². The Labute approximate surface area is 65.2 Å². The van der Waals surface area contributed by atoms with Crippen LogP contribution in [0.2, 0.25) is 0 Å². The van der Waals surface area contributed by atoms with Crippen molar-refractivity contribution in [3.63, 3.8) is 0 Å². The summed E-state index contributed by atoms with van der Waals surface area (Å²) in [6.07, 6.45) is 2.04. The van der Waals surface area contributed by atoms with Gasteiger partial charge >= 0.3 is 0 Å². The zero-order chi connectivity index (χ0) is 7.68. The number of nitrogens with one attached hydrogen (secondary N) is 1. The highest BCUT2D eigenvalue weighted by Crippen LogP contribution is 2.23. The summed E-state index contributed by atoms with van der Waals surface area (Å²) in [5.74, 6) is -0.174. The third-order valence-electron chi connectivity index (χ3n) is 1.89. The van der Waals surface area contributed by atoms with Gasteiger partial charge in [0.05, 0.1) is 0 Å². The summed E-state index contributed by atoms with van der Waals surface area (Å²) in [7, 11) is 0. The molecule has 0 fully saturated rings. The van der Waals surface area contributed by atoms with Crippen molar-refractivity contribution in [1.29, 1.82) is 0 Å². The Morgan fingerprint density at radius 1 is 1.36 bits per heavy atom. The number of rotatable bonds is 0. The molecule has 0 aliphatic carbocycles. The molecule has 2 rings (SSSR count). The van der Waals surface area contributed by atoms with Crippen LogP contribution in [0.25, 0.3) is 0 Å². The standard InChI is InChI=1S/C9H9FN/c10-8-4-3-7-2-1-5-11-9(7)6-8/h3-6,11H,1-2H2. The molecule has 0 atom stereocenters. The van der Waals surface area contributed by atoms with Crippen molar-refractivity contribution < 1.29 is 4.39 Å². The average molecular weight is 150 g/mol. The van der Waals surface area contributed by atoms with Gasteiger partial charge in [-0.05, 0) is 30.5 Å². The minimum absolute atomic E-state index is 0.174. The summed E-state index contributed by atoms with van der Waals surface area (Å²) in [5.41, 5.74) is 2.12. The van der Waals surface area contributed by atoms with E-state index in [9.17, 15) is 4.39 Å². The van der Waals surface area contributed by atoms with Gasteiger partial charge in [0.25, 0.3) is 0 Å². The Balaban J connectivity index is 2.43. The van der Waals surface area contributed by atoms with Gasteiger partial charge in [0.15, 0.2) is 0 Å². The molecule has 0 unspecified atom stereocenters. The maximum Gasteiger partial charge on any atom is 0.125 e. The van der Waals surface area contributed by atoms with Crippen molar-refractivity contribution in [3.05, 3.63) is 36.1 Å². The van der Waals surface area contributed by atoms with Crippen LogP contribution in [0.3, 0.4) is 0 Å². The Hall–Kier alpha value is -1.05. The molecule has 0 bridgehead atoms. The molecule has 0 saturated heterocycles. The van der Waals surface area contributed by atoms with Gasteiger partial charge in [-0.1, -0.05) is 6.07 Å². The SMILES string of the molecule is Fc1ccc2c(c1)N[CH]CC2. The summed E-state index contributed by atoms with van der Waals surface area (Å²) < 4.78 is 12.6. The summed E-state index contributed by atoms with van der Waals surface area (Å²) >= 11 is 0. The molecule has 0 saturated carbocycles.